The van der Waals surface area contributed by atoms with E-state index in [1.807, 2.05) is 69.9 Å². The highest BCUT2D eigenvalue weighted by Crippen LogP contribution is 2.31. The first-order chi connectivity index (χ1) is 12.6. The Kier molecular flexibility index (Phi) is 5.13. The van der Waals surface area contributed by atoms with Crippen LogP contribution in [0.3, 0.4) is 0 Å². The summed E-state index contributed by atoms with van der Waals surface area (Å²) in [6.45, 7) is 10.8. The van der Waals surface area contributed by atoms with Crippen LogP contribution in [-0.4, -0.2) is 23.3 Å². The fourth-order valence-corrected chi connectivity index (χ4v) is 3.10. The van der Waals surface area contributed by atoms with Crippen molar-refractivity contribution in [3.8, 4) is 11.3 Å². The Morgan fingerprint density at radius 3 is 2.59 bits per heavy atom. The van der Waals surface area contributed by atoms with Gasteiger partial charge in [-0.05, 0) is 18.2 Å². The van der Waals surface area contributed by atoms with Crippen molar-refractivity contribution in [1.29, 1.82) is 0 Å². The van der Waals surface area contributed by atoms with Crippen LogP contribution in [0.25, 0.3) is 11.3 Å². The molecule has 5 heteroatoms. The number of hydrogen-bond acceptors (Lipinski definition) is 3. The van der Waals surface area contributed by atoms with Gasteiger partial charge in [0.05, 0.1) is 0 Å². The molecule has 0 saturated carbocycles. The summed E-state index contributed by atoms with van der Waals surface area (Å²) in [5, 5.41) is 2.95. The summed E-state index contributed by atoms with van der Waals surface area (Å²) >= 11 is 0. The van der Waals surface area contributed by atoms with Gasteiger partial charge in [0.25, 0.3) is 0 Å². The topological polar surface area (TPSA) is 62.6 Å². The largest absolute Gasteiger partial charge is 0.461 e. The van der Waals surface area contributed by atoms with Gasteiger partial charge in [-0.3, -0.25) is 9.59 Å². The first-order valence-electron chi connectivity index (χ1n) is 9.47. The van der Waals surface area contributed by atoms with Crippen molar-refractivity contribution in [2.45, 2.75) is 47.6 Å². The van der Waals surface area contributed by atoms with Gasteiger partial charge in [-0.15, -0.1) is 0 Å². The van der Waals surface area contributed by atoms with Gasteiger partial charge in [-0.25, -0.2) is 0 Å². The predicted octanol–water partition coefficient (Wildman–Crippen LogP) is 4.47. The minimum Gasteiger partial charge on any atom is -0.461 e. The molecule has 0 fully saturated rings. The van der Waals surface area contributed by atoms with Gasteiger partial charge in [-0.2, -0.15) is 0 Å². The first kappa shape index (κ1) is 19.2. The molecular weight excluding hydrogens is 340 g/mol. The number of anilines is 1. The molecule has 1 aliphatic heterocycles. The second kappa shape index (κ2) is 7.22. The van der Waals surface area contributed by atoms with Crippen LogP contribution in [0.4, 0.5) is 5.69 Å². The van der Waals surface area contributed by atoms with E-state index in [4.69, 9.17) is 4.42 Å². The summed E-state index contributed by atoms with van der Waals surface area (Å²) in [5.74, 6) is 1.87. The Bertz CT molecular complexity index is 859. The highest BCUT2D eigenvalue weighted by molar-refractivity contribution is 5.95. The lowest BCUT2D eigenvalue weighted by molar-refractivity contribution is -0.135. The number of amides is 2. The SMILES string of the molecule is CC(C)C(=O)N1CCc2oc(-c3cccc(NC(=O)C(C)(C)C)c3)cc2C1. The zero-order valence-corrected chi connectivity index (χ0v) is 16.8. The minimum atomic E-state index is -0.452. The van der Waals surface area contributed by atoms with Gasteiger partial charge >= 0.3 is 0 Å². The number of nitrogens with zero attached hydrogens (tertiary/aromatic N) is 1. The van der Waals surface area contributed by atoms with E-state index < -0.39 is 5.41 Å². The van der Waals surface area contributed by atoms with Crippen LogP contribution in [0, 0.1) is 11.3 Å². The zero-order chi connectivity index (χ0) is 19.8. The Morgan fingerprint density at radius 1 is 1.19 bits per heavy atom. The summed E-state index contributed by atoms with van der Waals surface area (Å²) in [4.78, 5) is 26.4. The number of carbonyl (C=O) groups excluding carboxylic acids is 2. The third-order valence-electron chi connectivity index (χ3n) is 4.76. The van der Waals surface area contributed by atoms with Crippen molar-refractivity contribution in [1.82, 2.24) is 4.90 Å². The third-order valence-corrected chi connectivity index (χ3v) is 4.76. The molecule has 5 nitrogen and oxygen atoms in total. The number of carbonyl (C=O) groups is 2. The molecule has 0 unspecified atom stereocenters. The molecule has 0 spiro atoms. The van der Waals surface area contributed by atoms with Gasteiger partial charge < -0.3 is 14.6 Å². The van der Waals surface area contributed by atoms with Gasteiger partial charge in [-0.1, -0.05) is 46.8 Å². The molecular formula is C22H28N2O3. The molecule has 0 radical (unpaired) electrons. The molecule has 1 N–H and O–H groups in total. The first-order valence-corrected chi connectivity index (χ1v) is 9.47. The number of fused-ring (bicyclic) bond motifs is 1. The van der Waals surface area contributed by atoms with E-state index in [0.29, 0.717) is 13.1 Å². The molecule has 0 aliphatic carbocycles. The average Bonchev–Trinajstić information content (AvgIpc) is 3.03. The zero-order valence-electron chi connectivity index (χ0n) is 16.8. The van der Waals surface area contributed by atoms with Crippen LogP contribution >= 0.6 is 0 Å². The van der Waals surface area contributed by atoms with E-state index in [9.17, 15) is 9.59 Å². The molecule has 0 saturated heterocycles. The number of hydrogen-bond donors (Lipinski definition) is 1. The molecule has 0 atom stereocenters. The van der Waals surface area contributed by atoms with Crippen LogP contribution in [0.2, 0.25) is 0 Å². The number of furan rings is 1. The molecule has 1 aromatic heterocycles. The summed E-state index contributed by atoms with van der Waals surface area (Å²) < 4.78 is 6.06. The molecule has 27 heavy (non-hydrogen) atoms. The normalized spacial score (nSPS) is 14.2. The fraction of sp³-hybridized carbons (Fsp3) is 0.455. The van der Waals surface area contributed by atoms with Gasteiger partial charge in [0.2, 0.25) is 11.8 Å². The molecule has 0 bridgehead atoms. The highest BCUT2D eigenvalue weighted by Gasteiger charge is 2.26. The van der Waals surface area contributed by atoms with Crippen molar-refractivity contribution in [3.63, 3.8) is 0 Å². The quantitative estimate of drug-likeness (QED) is 0.869. The van der Waals surface area contributed by atoms with E-state index in [2.05, 4.69) is 5.32 Å². The molecule has 2 heterocycles. The maximum Gasteiger partial charge on any atom is 0.229 e. The lowest BCUT2D eigenvalue weighted by atomic mass is 9.95. The van der Waals surface area contributed by atoms with Gasteiger partial charge in [0, 0.05) is 47.7 Å². The van der Waals surface area contributed by atoms with Crippen LogP contribution in [0.15, 0.2) is 34.7 Å². The minimum absolute atomic E-state index is 0.000954. The lowest BCUT2D eigenvalue weighted by Crippen LogP contribution is -2.37. The second-order valence-electron chi connectivity index (χ2n) is 8.51. The molecule has 144 valence electrons. The van der Waals surface area contributed by atoms with Crippen molar-refractivity contribution in [2.75, 3.05) is 11.9 Å². The Hall–Kier alpha value is -2.56. The van der Waals surface area contributed by atoms with Crippen molar-refractivity contribution < 1.29 is 14.0 Å². The highest BCUT2D eigenvalue weighted by atomic mass is 16.3. The van der Waals surface area contributed by atoms with Gasteiger partial charge in [0.1, 0.15) is 11.5 Å². The van der Waals surface area contributed by atoms with Crippen LogP contribution in [-0.2, 0) is 22.6 Å². The Balaban J connectivity index is 1.80. The molecule has 2 amide bonds. The van der Waals surface area contributed by atoms with Crippen LogP contribution in [0.1, 0.15) is 45.9 Å². The molecule has 3 rings (SSSR count). The monoisotopic (exact) mass is 368 g/mol. The van der Waals surface area contributed by atoms with Crippen LogP contribution in [0.5, 0.6) is 0 Å². The number of rotatable bonds is 3. The van der Waals surface area contributed by atoms with Crippen LogP contribution < -0.4 is 5.32 Å². The van der Waals surface area contributed by atoms with Crippen molar-refractivity contribution in [3.05, 3.63) is 41.7 Å². The molecule has 1 aliphatic rings. The number of nitrogens with one attached hydrogen (secondary N) is 1. The third kappa shape index (κ3) is 4.24. The second-order valence-corrected chi connectivity index (χ2v) is 8.51. The van der Waals surface area contributed by atoms with E-state index in [0.717, 1.165) is 34.8 Å². The number of benzene rings is 1. The predicted molar refractivity (Wildman–Crippen MR) is 106 cm³/mol. The van der Waals surface area contributed by atoms with E-state index in [1.54, 1.807) is 0 Å². The summed E-state index contributed by atoms with van der Waals surface area (Å²) in [5.41, 5.74) is 2.28. The van der Waals surface area contributed by atoms with Gasteiger partial charge in [0.15, 0.2) is 0 Å². The van der Waals surface area contributed by atoms with E-state index in [1.165, 1.54) is 0 Å². The summed E-state index contributed by atoms with van der Waals surface area (Å²) in [6.07, 6.45) is 0.730. The maximum atomic E-state index is 12.3. The van der Waals surface area contributed by atoms with E-state index >= 15 is 0 Å². The fourth-order valence-electron chi connectivity index (χ4n) is 3.10. The Labute approximate surface area is 160 Å². The smallest absolute Gasteiger partial charge is 0.229 e. The standard InChI is InChI=1S/C22H28N2O3/c1-14(2)20(25)24-10-9-18-16(13-24)12-19(27-18)15-7-6-8-17(11-15)23-21(26)22(3,4)5/h6-8,11-12,14H,9-10,13H2,1-5H3,(H,23,26). The lowest BCUT2D eigenvalue weighted by Gasteiger charge is -2.27. The average molecular weight is 368 g/mol. The maximum absolute atomic E-state index is 12.3. The summed E-state index contributed by atoms with van der Waals surface area (Å²) in [6, 6.07) is 9.68. The Morgan fingerprint density at radius 2 is 1.93 bits per heavy atom. The molecule has 1 aromatic carbocycles. The summed E-state index contributed by atoms with van der Waals surface area (Å²) in [7, 11) is 0. The van der Waals surface area contributed by atoms with Crippen molar-refractivity contribution >= 4 is 17.5 Å². The van der Waals surface area contributed by atoms with E-state index in [-0.39, 0.29) is 17.7 Å². The molecule has 2 aromatic rings. The van der Waals surface area contributed by atoms with Crippen molar-refractivity contribution in [2.24, 2.45) is 11.3 Å².